The lowest BCUT2D eigenvalue weighted by Crippen LogP contribution is -2.38. The van der Waals surface area contributed by atoms with Crippen molar-refractivity contribution in [2.45, 2.75) is 13.5 Å². The molecule has 2 rings (SSSR count). The van der Waals surface area contributed by atoms with E-state index in [1.807, 2.05) is 48.5 Å². The number of rotatable bonds is 7. The van der Waals surface area contributed by atoms with Gasteiger partial charge in [-0.05, 0) is 25.1 Å². The average molecular weight is 455 g/mol. The number of benzene rings is 2. The van der Waals surface area contributed by atoms with E-state index in [1.54, 1.807) is 14.2 Å². The highest BCUT2D eigenvalue weighted by Gasteiger charge is 2.03. The average Bonchev–Trinajstić information content (AvgIpc) is 2.63. The lowest BCUT2D eigenvalue weighted by atomic mass is 10.2. The Morgan fingerprint density at radius 3 is 2.44 bits per heavy atom. The molecule has 5 nitrogen and oxygen atoms in total. The highest BCUT2D eigenvalue weighted by Crippen LogP contribution is 2.16. The van der Waals surface area contributed by atoms with Gasteiger partial charge in [-0.1, -0.05) is 35.9 Å². The molecule has 0 heterocycles. The Morgan fingerprint density at radius 2 is 1.76 bits per heavy atom. The number of hydrogen-bond acceptors (Lipinski definition) is 3. The molecule has 2 aromatic rings. The Morgan fingerprint density at radius 1 is 1.04 bits per heavy atom. The van der Waals surface area contributed by atoms with Crippen LogP contribution in [0.4, 0.5) is 0 Å². The van der Waals surface area contributed by atoms with Gasteiger partial charge in [0.05, 0.1) is 13.7 Å². The van der Waals surface area contributed by atoms with Crippen LogP contribution in [0.5, 0.6) is 11.5 Å². The van der Waals surface area contributed by atoms with Crippen molar-refractivity contribution in [2.24, 2.45) is 4.99 Å². The fourth-order valence-electron chi connectivity index (χ4n) is 2.22. The number of nitrogens with one attached hydrogen (secondary N) is 2. The molecule has 25 heavy (non-hydrogen) atoms. The van der Waals surface area contributed by atoms with Gasteiger partial charge in [0.25, 0.3) is 0 Å². The van der Waals surface area contributed by atoms with Crippen molar-refractivity contribution in [1.82, 2.24) is 10.6 Å². The van der Waals surface area contributed by atoms with Crippen LogP contribution in [0, 0.1) is 6.92 Å². The molecule has 0 atom stereocenters. The molecule has 0 bridgehead atoms. The topological polar surface area (TPSA) is 54.9 Å². The molecule has 0 aliphatic carbocycles. The third-order valence-electron chi connectivity index (χ3n) is 3.55. The maximum Gasteiger partial charge on any atom is 0.191 e. The minimum atomic E-state index is 0. The first-order chi connectivity index (χ1) is 11.7. The highest BCUT2D eigenvalue weighted by molar-refractivity contribution is 14.0. The van der Waals surface area contributed by atoms with Crippen molar-refractivity contribution < 1.29 is 9.47 Å². The van der Waals surface area contributed by atoms with E-state index in [0.717, 1.165) is 23.0 Å². The first-order valence-electron chi connectivity index (χ1n) is 7.99. The van der Waals surface area contributed by atoms with Gasteiger partial charge in [0.15, 0.2) is 5.96 Å². The maximum atomic E-state index is 5.69. The van der Waals surface area contributed by atoms with E-state index in [2.05, 4.69) is 22.5 Å². The van der Waals surface area contributed by atoms with Crippen LogP contribution in [-0.4, -0.2) is 33.3 Å². The summed E-state index contributed by atoms with van der Waals surface area (Å²) < 4.78 is 11.0. The van der Waals surface area contributed by atoms with Gasteiger partial charge in [0.1, 0.15) is 18.1 Å². The third kappa shape index (κ3) is 7.21. The first-order valence-corrected chi connectivity index (χ1v) is 7.99. The van der Waals surface area contributed by atoms with Crippen LogP contribution in [0.1, 0.15) is 11.1 Å². The lowest BCUT2D eigenvalue weighted by Gasteiger charge is -2.14. The summed E-state index contributed by atoms with van der Waals surface area (Å²) in [6.45, 7) is 3.93. The molecule has 0 aliphatic rings. The van der Waals surface area contributed by atoms with Gasteiger partial charge in [0.2, 0.25) is 0 Å². The number of hydrogen-bond donors (Lipinski definition) is 2. The van der Waals surface area contributed by atoms with Gasteiger partial charge >= 0.3 is 0 Å². The van der Waals surface area contributed by atoms with E-state index in [9.17, 15) is 0 Å². The Bertz CT molecular complexity index is 660. The maximum absolute atomic E-state index is 5.69. The molecule has 0 saturated heterocycles. The van der Waals surface area contributed by atoms with Crippen molar-refractivity contribution in [3.63, 3.8) is 0 Å². The van der Waals surface area contributed by atoms with E-state index in [4.69, 9.17) is 9.47 Å². The van der Waals surface area contributed by atoms with Crippen LogP contribution in [0.2, 0.25) is 0 Å². The Balaban J connectivity index is 0.00000312. The van der Waals surface area contributed by atoms with Crippen LogP contribution < -0.4 is 20.1 Å². The number of aliphatic imine (C=N–C) groups is 1. The molecular weight excluding hydrogens is 429 g/mol. The number of ether oxygens (including phenoxy) is 2. The Kier molecular flexibility index (Phi) is 9.76. The zero-order valence-corrected chi connectivity index (χ0v) is 17.2. The normalized spacial score (nSPS) is 10.6. The first kappa shape index (κ1) is 21.1. The van der Waals surface area contributed by atoms with Gasteiger partial charge in [-0.15, -0.1) is 24.0 Å². The predicted molar refractivity (Wildman–Crippen MR) is 113 cm³/mol. The second-order valence-electron chi connectivity index (χ2n) is 5.33. The molecule has 0 aliphatic heterocycles. The van der Waals surface area contributed by atoms with Crippen molar-refractivity contribution in [3.8, 4) is 11.5 Å². The van der Waals surface area contributed by atoms with Gasteiger partial charge in [-0.3, -0.25) is 4.99 Å². The molecule has 0 amide bonds. The van der Waals surface area contributed by atoms with Crippen molar-refractivity contribution in [1.29, 1.82) is 0 Å². The monoisotopic (exact) mass is 455 g/mol. The highest BCUT2D eigenvalue weighted by atomic mass is 127. The summed E-state index contributed by atoms with van der Waals surface area (Å²) in [7, 11) is 3.42. The second kappa shape index (κ2) is 11.6. The number of nitrogens with zero attached hydrogens (tertiary/aromatic N) is 1. The van der Waals surface area contributed by atoms with E-state index in [0.29, 0.717) is 19.7 Å². The van der Waals surface area contributed by atoms with Crippen LogP contribution in [0.15, 0.2) is 53.5 Å². The summed E-state index contributed by atoms with van der Waals surface area (Å²) in [5, 5.41) is 6.50. The van der Waals surface area contributed by atoms with E-state index >= 15 is 0 Å². The summed E-state index contributed by atoms with van der Waals surface area (Å²) in [5.74, 6) is 2.47. The van der Waals surface area contributed by atoms with Gasteiger partial charge < -0.3 is 20.1 Å². The molecule has 0 fully saturated rings. The molecule has 2 N–H and O–H groups in total. The molecule has 136 valence electrons. The molecule has 0 aromatic heterocycles. The van der Waals surface area contributed by atoms with Crippen molar-refractivity contribution >= 4 is 29.9 Å². The molecule has 0 unspecified atom stereocenters. The molecule has 0 radical (unpaired) electrons. The smallest absolute Gasteiger partial charge is 0.191 e. The van der Waals surface area contributed by atoms with E-state index < -0.39 is 0 Å². The number of aryl methyl sites for hydroxylation is 1. The minimum Gasteiger partial charge on any atom is -0.496 e. The minimum absolute atomic E-state index is 0. The van der Waals surface area contributed by atoms with Crippen LogP contribution >= 0.6 is 24.0 Å². The van der Waals surface area contributed by atoms with Crippen molar-refractivity contribution in [2.75, 3.05) is 27.3 Å². The number of guanidine groups is 1. The SMILES string of the molecule is CN=C(NCCOc1ccc(C)cc1)NCc1ccccc1OC.I. The molecule has 6 heteroatoms. The number of halogens is 1. The molecular formula is C19H26IN3O2. The summed E-state index contributed by atoms with van der Waals surface area (Å²) >= 11 is 0. The summed E-state index contributed by atoms with van der Waals surface area (Å²) in [4.78, 5) is 4.21. The largest absolute Gasteiger partial charge is 0.496 e. The van der Waals surface area contributed by atoms with Gasteiger partial charge in [-0.25, -0.2) is 0 Å². The molecule has 0 spiro atoms. The fraction of sp³-hybridized carbons (Fsp3) is 0.316. The number of methoxy groups -OCH3 is 1. The zero-order chi connectivity index (χ0) is 17.2. The van der Waals surface area contributed by atoms with Crippen molar-refractivity contribution in [3.05, 3.63) is 59.7 Å². The van der Waals surface area contributed by atoms with Gasteiger partial charge in [0, 0.05) is 19.2 Å². The second-order valence-corrected chi connectivity index (χ2v) is 5.33. The van der Waals surface area contributed by atoms with Gasteiger partial charge in [-0.2, -0.15) is 0 Å². The standard InChI is InChI=1S/C19H25N3O2.HI/c1-15-8-10-17(11-9-15)24-13-12-21-19(20-2)22-14-16-6-4-5-7-18(16)23-3;/h4-11H,12-14H2,1-3H3,(H2,20,21,22);1H. The van der Waals surface area contributed by atoms with Crippen LogP contribution in [0.25, 0.3) is 0 Å². The fourth-order valence-corrected chi connectivity index (χ4v) is 2.22. The van der Waals surface area contributed by atoms with E-state index in [1.165, 1.54) is 5.56 Å². The predicted octanol–water partition coefficient (Wildman–Crippen LogP) is 3.37. The van der Waals surface area contributed by atoms with E-state index in [-0.39, 0.29) is 24.0 Å². The Labute approximate surface area is 166 Å². The quantitative estimate of drug-likeness (QED) is 0.291. The molecule has 0 saturated carbocycles. The third-order valence-corrected chi connectivity index (χ3v) is 3.55. The van der Waals surface area contributed by atoms with Crippen LogP contribution in [0.3, 0.4) is 0 Å². The lowest BCUT2D eigenvalue weighted by molar-refractivity contribution is 0.322. The molecule has 2 aromatic carbocycles. The summed E-state index contributed by atoms with van der Waals surface area (Å²) in [6, 6.07) is 16.0. The summed E-state index contributed by atoms with van der Waals surface area (Å²) in [6.07, 6.45) is 0. The zero-order valence-electron chi connectivity index (χ0n) is 14.9. The number of para-hydroxylation sites is 1. The summed E-state index contributed by atoms with van der Waals surface area (Å²) in [5.41, 5.74) is 2.31. The van der Waals surface area contributed by atoms with Crippen LogP contribution in [-0.2, 0) is 6.54 Å². The Hall–Kier alpha value is -1.96.